The predicted molar refractivity (Wildman–Crippen MR) is 44.3 cm³/mol. The SMILES string of the molecule is CNC(=O)CCN(C)C1CC1. The molecule has 0 unspecified atom stereocenters. The highest BCUT2D eigenvalue weighted by atomic mass is 16.1. The van der Waals surface area contributed by atoms with Gasteiger partial charge in [-0.25, -0.2) is 0 Å². The van der Waals surface area contributed by atoms with Gasteiger partial charge in [-0.15, -0.1) is 0 Å². The topological polar surface area (TPSA) is 32.3 Å². The zero-order valence-electron chi connectivity index (χ0n) is 7.26. The van der Waals surface area contributed by atoms with Crippen molar-refractivity contribution in [1.82, 2.24) is 10.2 Å². The van der Waals surface area contributed by atoms with Crippen LogP contribution in [-0.4, -0.2) is 37.5 Å². The normalized spacial score (nSPS) is 17.0. The molecule has 3 heteroatoms. The molecule has 1 saturated carbocycles. The summed E-state index contributed by atoms with van der Waals surface area (Å²) in [4.78, 5) is 13.1. The third-order valence-corrected chi connectivity index (χ3v) is 2.14. The van der Waals surface area contributed by atoms with Gasteiger partial charge in [0.2, 0.25) is 5.91 Å². The van der Waals surface area contributed by atoms with E-state index in [9.17, 15) is 4.79 Å². The molecule has 1 aliphatic carbocycles. The third kappa shape index (κ3) is 2.89. The van der Waals surface area contributed by atoms with E-state index in [1.165, 1.54) is 12.8 Å². The zero-order chi connectivity index (χ0) is 8.27. The third-order valence-electron chi connectivity index (χ3n) is 2.14. The molecule has 0 aromatic heterocycles. The van der Waals surface area contributed by atoms with Crippen LogP contribution < -0.4 is 5.32 Å². The number of hydrogen-bond donors (Lipinski definition) is 1. The van der Waals surface area contributed by atoms with Gasteiger partial charge in [0, 0.05) is 26.1 Å². The lowest BCUT2D eigenvalue weighted by Crippen LogP contribution is -2.27. The second-order valence-corrected chi connectivity index (χ2v) is 3.13. The Morgan fingerprint density at radius 3 is 2.73 bits per heavy atom. The number of carbonyl (C=O) groups excluding carboxylic acids is 1. The van der Waals surface area contributed by atoms with Crippen molar-refractivity contribution >= 4 is 5.91 Å². The summed E-state index contributed by atoms with van der Waals surface area (Å²) < 4.78 is 0. The molecule has 0 aliphatic heterocycles. The lowest BCUT2D eigenvalue weighted by molar-refractivity contribution is -0.120. The van der Waals surface area contributed by atoms with Crippen LogP contribution in [0.25, 0.3) is 0 Å². The van der Waals surface area contributed by atoms with E-state index in [4.69, 9.17) is 0 Å². The first kappa shape index (κ1) is 8.53. The van der Waals surface area contributed by atoms with Gasteiger partial charge in [0.25, 0.3) is 0 Å². The Morgan fingerprint density at radius 1 is 1.64 bits per heavy atom. The highest BCUT2D eigenvalue weighted by Crippen LogP contribution is 2.24. The fourth-order valence-corrected chi connectivity index (χ4v) is 1.10. The number of amides is 1. The predicted octanol–water partition coefficient (Wildman–Crippen LogP) is 0.217. The van der Waals surface area contributed by atoms with Crippen LogP contribution in [0.2, 0.25) is 0 Å². The van der Waals surface area contributed by atoms with E-state index in [-0.39, 0.29) is 5.91 Å². The fraction of sp³-hybridized carbons (Fsp3) is 0.875. The average molecular weight is 156 g/mol. The van der Waals surface area contributed by atoms with Crippen LogP contribution >= 0.6 is 0 Å². The van der Waals surface area contributed by atoms with Crippen molar-refractivity contribution in [3.63, 3.8) is 0 Å². The summed E-state index contributed by atoms with van der Waals surface area (Å²) in [6.07, 6.45) is 3.25. The Balaban J connectivity index is 2.05. The fourth-order valence-electron chi connectivity index (χ4n) is 1.10. The lowest BCUT2D eigenvalue weighted by Gasteiger charge is -2.13. The first-order valence-electron chi connectivity index (χ1n) is 4.15. The van der Waals surface area contributed by atoms with Crippen LogP contribution in [0.3, 0.4) is 0 Å². The molecular formula is C8H16N2O. The molecule has 0 aromatic carbocycles. The van der Waals surface area contributed by atoms with E-state index in [1.807, 2.05) is 0 Å². The van der Waals surface area contributed by atoms with E-state index >= 15 is 0 Å². The second-order valence-electron chi connectivity index (χ2n) is 3.13. The molecule has 3 nitrogen and oxygen atoms in total. The van der Waals surface area contributed by atoms with Crippen LogP contribution in [0.15, 0.2) is 0 Å². The van der Waals surface area contributed by atoms with E-state index in [1.54, 1.807) is 7.05 Å². The van der Waals surface area contributed by atoms with Crippen molar-refractivity contribution in [2.24, 2.45) is 0 Å². The van der Waals surface area contributed by atoms with E-state index in [2.05, 4.69) is 17.3 Å². The van der Waals surface area contributed by atoms with Gasteiger partial charge in [-0.05, 0) is 19.9 Å². The summed E-state index contributed by atoms with van der Waals surface area (Å²) in [6.45, 7) is 0.893. The standard InChI is InChI=1S/C8H16N2O/c1-9-8(11)5-6-10(2)7-3-4-7/h7H,3-6H2,1-2H3,(H,9,11). The Labute approximate surface area is 67.8 Å². The summed E-state index contributed by atoms with van der Waals surface area (Å²) in [7, 11) is 3.76. The first-order valence-corrected chi connectivity index (χ1v) is 4.15. The Bertz CT molecular complexity index is 143. The van der Waals surface area contributed by atoms with Crippen LogP contribution in [0.1, 0.15) is 19.3 Å². The zero-order valence-corrected chi connectivity index (χ0v) is 7.26. The Morgan fingerprint density at radius 2 is 2.27 bits per heavy atom. The van der Waals surface area contributed by atoms with Crippen LogP contribution in [0.4, 0.5) is 0 Å². The van der Waals surface area contributed by atoms with Crippen LogP contribution in [0, 0.1) is 0 Å². The molecule has 1 aliphatic rings. The minimum Gasteiger partial charge on any atom is -0.359 e. The number of hydrogen-bond acceptors (Lipinski definition) is 2. The molecule has 64 valence electrons. The molecule has 1 amide bonds. The van der Waals surface area contributed by atoms with Crippen molar-refractivity contribution < 1.29 is 4.79 Å². The van der Waals surface area contributed by atoms with E-state index in [0.717, 1.165) is 12.6 Å². The lowest BCUT2D eigenvalue weighted by atomic mass is 10.3. The Hall–Kier alpha value is -0.570. The highest BCUT2D eigenvalue weighted by Gasteiger charge is 2.25. The van der Waals surface area contributed by atoms with Crippen LogP contribution in [-0.2, 0) is 4.79 Å². The molecule has 11 heavy (non-hydrogen) atoms. The molecule has 0 aromatic rings. The van der Waals surface area contributed by atoms with Gasteiger partial charge in [-0.1, -0.05) is 0 Å². The van der Waals surface area contributed by atoms with Gasteiger partial charge in [0.15, 0.2) is 0 Å². The molecule has 1 rings (SSSR count). The maximum Gasteiger partial charge on any atom is 0.221 e. The largest absolute Gasteiger partial charge is 0.359 e. The quantitative estimate of drug-likeness (QED) is 0.631. The maximum atomic E-state index is 10.8. The smallest absolute Gasteiger partial charge is 0.221 e. The first-order chi connectivity index (χ1) is 5.24. The van der Waals surface area contributed by atoms with Crippen molar-refractivity contribution in [2.45, 2.75) is 25.3 Å². The average Bonchev–Trinajstić information content (AvgIpc) is 2.81. The minimum atomic E-state index is 0.137. The monoisotopic (exact) mass is 156 g/mol. The van der Waals surface area contributed by atoms with Gasteiger partial charge in [0.05, 0.1) is 0 Å². The van der Waals surface area contributed by atoms with Gasteiger partial charge in [-0.2, -0.15) is 0 Å². The summed E-state index contributed by atoms with van der Waals surface area (Å²) in [6, 6.07) is 0.764. The number of nitrogens with one attached hydrogen (secondary N) is 1. The van der Waals surface area contributed by atoms with Gasteiger partial charge in [0.1, 0.15) is 0 Å². The van der Waals surface area contributed by atoms with Crippen LogP contribution in [0.5, 0.6) is 0 Å². The Kier molecular flexibility index (Phi) is 2.88. The van der Waals surface area contributed by atoms with Gasteiger partial charge >= 0.3 is 0 Å². The molecule has 0 atom stereocenters. The molecule has 0 saturated heterocycles. The molecule has 1 fully saturated rings. The summed E-state index contributed by atoms with van der Waals surface area (Å²) in [5.74, 6) is 0.137. The van der Waals surface area contributed by atoms with Gasteiger partial charge < -0.3 is 10.2 Å². The molecule has 0 radical (unpaired) electrons. The number of nitrogens with zero attached hydrogens (tertiary/aromatic N) is 1. The van der Waals surface area contributed by atoms with Crippen molar-refractivity contribution in [2.75, 3.05) is 20.6 Å². The summed E-state index contributed by atoms with van der Waals surface area (Å²) in [5.41, 5.74) is 0. The van der Waals surface area contributed by atoms with E-state index < -0.39 is 0 Å². The van der Waals surface area contributed by atoms with Gasteiger partial charge in [-0.3, -0.25) is 4.79 Å². The highest BCUT2D eigenvalue weighted by molar-refractivity contribution is 5.75. The van der Waals surface area contributed by atoms with Crippen molar-refractivity contribution in [3.05, 3.63) is 0 Å². The van der Waals surface area contributed by atoms with Crippen molar-refractivity contribution in [1.29, 1.82) is 0 Å². The molecule has 0 heterocycles. The molecule has 0 bridgehead atoms. The number of rotatable bonds is 4. The summed E-state index contributed by atoms with van der Waals surface area (Å²) in [5, 5.41) is 2.61. The molecule has 1 N–H and O–H groups in total. The molecule has 0 spiro atoms. The number of carbonyl (C=O) groups is 1. The van der Waals surface area contributed by atoms with E-state index in [0.29, 0.717) is 6.42 Å². The minimum absolute atomic E-state index is 0.137. The van der Waals surface area contributed by atoms with Crippen molar-refractivity contribution in [3.8, 4) is 0 Å². The maximum absolute atomic E-state index is 10.8. The second kappa shape index (κ2) is 3.72. The summed E-state index contributed by atoms with van der Waals surface area (Å²) >= 11 is 0. The molecular weight excluding hydrogens is 140 g/mol.